The normalized spacial score (nSPS) is 35.1. The van der Waals surface area contributed by atoms with Gasteiger partial charge in [-0.15, -0.1) is 0 Å². The molecule has 0 aromatic carbocycles. The zero-order valence-corrected chi connectivity index (χ0v) is 33.7. The molecular weight excluding hydrogens is 733 g/mol. The molecule has 0 spiro atoms. The number of urea groups is 1. The molecule has 9 N–H and O–H groups in total. The van der Waals surface area contributed by atoms with E-state index in [0.717, 1.165) is 104 Å². The van der Waals surface area contributed by atoms with Crippen LogP contribution in [0.25, 0.3) is 0 Å². The molecule has 10 atom stereocenters. The van der Waals surface area contributed by atoms with Gasteiger partial charge in [-0.1, -0.05) is 0 Å². The summed E-state index contributed by atoms with van der Waals surface area (Å²) in [5.74, 6) is -2.14. The maximum absolute atomic E-state index is 13.5. The molecule has 0 radical (unpaired) electrons. The fourth-order valence-corrected chi connectivity index (χ4v) is 11.1. The number of fused-ring (bicyclic) bond motifs is 1. The van der Waals surface area contributed by atoms with Crippen LogP contribution in [-0.2, 0) is 24.0 Å². The van der Waals surface area contributed by atoms with Gasteiger partial charge in [0.1, 0.15) is 12.1 Å². The van der Waals surface area contributed by atoms with Crippen molar-refractivity contribution in [2.75, 3.05) is 79.0 Å². The maximum atomic E-state index is 13.5. The average molecular weight is 799 g/mol. The molecule has 18 heteroatoms. The summed E-state index contributed by atoms with van der Waals surface area (Å²) >= 11 is 0. The number of likely N-dealkylation sites (N-methyl/N-ethyl adjacent to an activating group) is 1. The summed E-state index contributed by atoms with van der Waals surface area (Å²) in [6.07, 6.45) is 7.54. The first kappa shape index (κ1) is 41.9. The Morgan fingerprint density at radius 2 is 1.68 bits per heavy atom. The molecule has 6 aliphatic heterocycles. The third-order valence-electron chi connectivity index (χ3n) is 14.1. The lowest BCUT2D eigenvalue weighted by atomic mass is 9.78. The molecular formula is C39H66N12O6. The van der Waals surface area contributed by atoms with E-state index in [1.807, 2.05) is 11.9 Å². The van der Waals surface area contributed by atoms with Gasteiger partial charge in [0, 0.05) is 90.0 Å². The third-order valence-corrected chi connectivity index (χ3v) is 14.1. The fourth-order valence-electron chi connectivity index (χ4n) is 11.1. The number of hydrogen-bond acceptors (Lipinski definition) is 13. The molecule has 7 fully saturated rings. The molecule has 7 rings (SSSR count). The minimum Gasteiger partial charge on any atom is -0.368 e. The number of nitrogens with one attached hydrogen (secondary N) is 3. The molecule has 0 aromatic heterocycles. The van der Waals surface area contributed by atoms with Crippen molar-refractivity contribution < 1.29 is 28.8 Å². The second kappa shape index (κ2) is 18.3. The summed E-state index contributed by atoms with van der Waals surface area (Å²) < 4.78 is 0. The van der Waals surface area contributed by atoms with Crippen LogP contribution in [0.1, 0.15) is 70.6 Å². The van der Waals surface area contributed by atoms with Crippen LogP contribution in [0, 0.1) is 17.8 Å². The van der Waals surface area contributed by atoms with E-state index in [4.69, 9.17) is 17.2 Å². The van der Waals surface area contributed by atoms with Crippen molar-refractivity contribution in [3.05, 3.63) is 0 Å². The minimum absolute atomic E-state index is 0.112. The number of rotatable bonds is 15. The van der Waals surface area contributed by atoms with Crippen LogP contribution in [-0.4, -0.2) is 186 Å². The molecule has 7 aliphatic rings. The highest BCUT2D eigenvalue weighted by molar-refractivity contribution is 6.10. The summed E-state index contributed by atoms with van der Waals surface area (Å²) in [7, 11) is 1.86. The van der Waals surface area contributed by atoms with E-state index in [2.05, 4.69) is 30.7 Å². The first-order valence-electron chi connectivity index (χ1n) is 21.6. The lowest BCUT2D eigenvalue weighted by Crippen LogP contribution is -2.67. The van der Waals surface area contributed by atoms with Crippen molar-refractivity contribution in [1.29, 1.82) is 0 Å². The van der Waals surface area contributed by atoms with Gasteiger partial charge >= 0.3 is 6.03 Å². The smallest absolute Gasteiger partial charge is 0.320 e. The number of carbonyl (C=O) groups excluding carboxylic acids is 6. The van der Waals surface area contributed by atoms with E-state index in [-0.39, 0.29) is 78.8 Å². The van der Waals surface area contributed by atoms with E-state index in [1.165, 1.54) is 4.90 Å². The number of primary amides is 1. The lowest BCUT2D eigenvalue weighted by molar-refractivity contribution is -0.151. The first-order chi connectivity index (χ1) is 27.4. The van der Waals surface area contributed by atoms with E-state index >= 15 is 0 Å². The largest absolute Gasteiger partial charge is 0.368 e. The number of nitrogens with zero attached hydrogens (tertiary/aromatic N) is 6. The third kappa shape index (κ3) is 9.31. The number of imide groups is 2. The zero-order valence-electron chi connectivity index (χ0n) is 33.7. The molecule has 1 aliphatic carbocycles. The topological polar surface area (TPSA) is 236 Å². The summed E-state index contributed by atoms with van der Waals surface area (Å²) in [4.78, 5) is 88.6. The van der Waals surface area contributed by atoms with Crippen LogP contribution >= 0.6 is 0 Å². The standard InChI is InChI=1S/C39H66N12O6/c1-46-16-17-50(39(46)57)26-4-2-13-48(23-26)27-19-30(34(35(42)53)43-20-27)44-32(41)5-3-12-47(15-11-40)21-24-10-14-49(22-24)25-6-7-28-29(18-25)38(56)51(37(28)55)31-8-9-33(52)45-36(31)54/h24-32,34,43-44H,2-23,40-41H2,1H3,(H2,42,53)(H,45,52,54)/t24-,25?,26-,27?,28?,29?,30?,31-,32?,34?/m1/s1. The second-order valence-corrected chi connectivity index (χ2v) is 17.8. The summed E-state index contributed by atoms with van der Waals surface area (Å²) in [5.41, 5.74) is 18.6. The number of amides is 7. The number of carbonyl (C=O) groups is 6. The highest BCUT2D eigenvalue weighted by atomic mass is 16.2. The van der Waals surface area contributed by atoms with E-state index in [9.17, 15) is 28.8 Å². The van der Waals surface area contributed by atoms with Crippen LogP contribution in [0.5, 0.6) is 0 Å². The van der Waals surface area contributed by atoms with Gasteiger partial charge in [-0.2, -0.15) is 0 Å². The molecule has 6 saturated heterocycles. The van der Waals surface area contributed by atoms with Gasteiger partial charge in [0.25, 0.3) is 0 Å². The SMILES string of the molecule is CN1CCN([C@@H]2CCCN(C3CNC(C(N)=O)C(NC(N)CCCN(CCN)C[C@H]4CCN(C5CCC6C(=O)N([C@@H]7CCC(=O)NC7=O)C(=O)C6C5)C4)C3)C2)C1=O. The lowest BCUT2D eigenvalue weighted by Gasteiger charge is -2.46. The Morgan fingerprint density at radius 3 is 2.42 bits per heavy atom. The molecule has 1 saturated carbocycles. The van der Waals surface area contributed by atoms with Crippen LogP contribution in [0.3, 0.4) is 0 Å². The average Bonchev–Trinajstić information content (AvgIpc) is 3.86. The molecule has 6 heterocycles. The van der Waals surface area contributed by atoms with E-state index in [1.54, 1.807) is 4.90 Å². The van der Waals surface area contributed by atoms with Crippen LogP contribution in [0.2, 0.25) is 0 Å². The molecule has 318 valence electrons. The van der Waals surface area contributed by atoms with Crippen LogP contribution < -0.4 is 33.2 Å². The second-order valence-electron chi connectivity index (χ2n) is 17.8. The van der Waals surface area contributed by atoms with Crippen molar-refractivity contribution in [3.8, 4) is 0 Å². The van der Waals surface area contributed by atoms with Crippen LogP contribution in [0.4, 0.5) is 4.79 Å². The quantitative estimate of drug-likeness (QED) is 0.0750. The predicted octanol–water partition coefficient (Wildman–Crippen LogP) is -2.40. The highest BCUT2D eigenvalue weighted by Gasteiger charge is 2.54. The zero-order chi connectivity index (χ0) is 40.4. The fraction of sp³-hybridized carbons (Fsp3) is 0.846. The van der Waals surface area contributed by atoms with Gasteiger partial charge in [-0.25, -0.2) is 4.79 Å². The van der Waals surface area contributed by atoms with Gasteiger partial charge in [0.05, 0.1) is 18.0 Å². The van der Waals surface area contributed by atoms with Gasteiger partial charge < -0.3 is 42.1 Å². The molecule has 57 heavy (non-hydrogen) atoms. The monoisotopic (exact) mass is 799 g/mol. The predicted molar refractivity (Wildman–Crippen MR) is 211 cm³/mol. The van der Waals surface area contributed by atoms with Crippen LogP contribution in [0.15, 0.2) is 0 Å². The van der Waals surface area contributed by atoms with E-state index in [0.29, 0.717) is 31.8 Å². The Labute approximate surface area is 336 Å². The Morgan fingerprint density at radius 1 is 0.895 bits per heavy atom. The van der Waals surface area contributed by atoms with Gasteiger partial charge in [0.15, 0.2) is 0 Å². The number of piperidine rings is 3. The summed E-state index contributed by atoms with van der Waals surface area (Å²) in [6.45, 7) is 8.98. The molecule has 18 nitrogen and oxygen atoms in total. The van der Waals surface area contributed by atoms with Gasteiger partial charge in [-0.05, 0) is 89.8 Å². The maximum Gasteiger partial charge on any atom is 0.320 e. The van der Waals surface area contributed by atoms with Gasteiger partial charge in [-0.3, -0.25) is 44.4 Å². The van der Waals surface area contributed by atoms with Crippen molar-refractivity contribution in [2.24, 2.45) is 35.0 Å². The Kier molecular flexibility index (Phi) is 13.5. The van der Waals surface area contributed by atoms with Crippen molar-refractivity contribution in [1.82, 2.24) is 45.3 Å². The molecule has 7 amide bonds. The Bertz CT molecular complexity index is 1520. The van der Waals surface area contributed by atoms with Gasteiger partial charge in [0.2, 0.25) is 29.5 Å². The highest BCUT2D eigenvalue weighted by Crippen LogP contribution is 2.42. The molecule has 0 aromatic rings. The summed E-state index contributed by atoms with van der Waals surface area (Å²) in [6, 6.07) is -0.860. The van der Waals surface area contributed by atoms with Crippen molar-refractivity contribution >= 4 is 35.6 Å². The van der Waals surface area contributed by atoms with Crippen molar-refractivity contribution in [3.63, 3.8) is 0 Å². The summed E-state index contributed by atoms with van der Waals surface area (Å²) in [5, 5.41) is 9.25. The number of hydrogen-bond donors (Lipinski definition) is 6. The van der Waals surface area contributed by atoms with Crippen molar-refractivity contribution in [2.45, 2.75) is 113 Å². The Balaban J connectivity index is 0.857. The number of likely N-dealkylation sites (tertiary alicyclic amines) is 3. The molecule has 0 bridgehead atoms. The Hall–Kier alpha value is -3.26. The number of nitrogens with two attached hydrogens (primary N) is 3. The minimum atomic E-state index is -0.888. The van der Waals surface area contributed by atoms with E-state index < -0.39 is 23.9 Å². The molecule has 7 unspecified atom stereocenters. The first-order valence-corrected chi connectivity index (χ1v) is 21.6.